The average molecular weight is 387 g/mol. The zero-order valence-corrected chi connectivity index (χ0v) is 17.9. The number of rotatable bonds is 4. The first-order valence-corrected chi connectivity index (χ1v) is 10.6. The first-order chi connectivity index (χ1) is 13.2. The number of benzene rings is 1. The number of ether oxygens (including phenoxy) is 1. The van der Waals surface area contributed by atoms with E-state index in [0.29, 0.717) is 18.9 Å². The van der Waals surface area contributed by atoms with Crippen molar-refractivity contribution in [1.82, 2.24) is 4.90 Å². The molecule has 0 bridgehead atoms. The van der Waals surface area contributed by atoms with Gasteiger partial charge in [0.15, 0.2) is 0 Å². The number of nitrogens with one attached hydrogen (secondary N) is 1. The Morgan fingerprint density at radius 1 is 1.18 bits per heavy atom. The van der Waals surface area contributed by atoms with Crippen LogP contribution in [0.4, 0.5) is 10.5 Å². The van der Waals surface area contributed by atoms with E-state index in [4.69, 9.17) is 4.74 Å². The van der Waals surface area contributed by atoms with Gasteiger partial charge in [-0.2, -0.15) is 0 Å². The van der Waals surface area contributed by atoms with Crippen LogP contribution < -0.4 is 5.32 Å². The molecule has 1 aliphatic heterocycles. The summed E-state index contributed by atoms with van der Waals surface area (Å²) in [6, 6.07) is 5.83. The van der Waals surface area contributed by atoms with Crippen LogP contribution in [0.2, 0.25) is 0 Å². The fraction of sp³-hybridized carbons (Fsp3) is 0.652. The number of carbonyl (C=O) groups is 2. The molecule has 2 aliphatic rings. The Labute approximate surface area is 168 Å². The Kier molecular flexibility index (Phi) is 6.01. The molecule has 1 saturated heterocycles. The molecule has 5 nitrogen and oxygen atoms in total. The Morgan fingerprint density at radius 2 is 1.89 bits per heavy atom. The summed E-state index contributed by atoms with van der Waals surface area (Å²) >= 11 is 0. The van der Waals surface area contributed by atoms with Crippen molar-refractivity contribution in [3.8, 4) is 0 Å². The molecule has 3 rings (SSSR count). The molecule has 1 N–H and O–H groups in total. The summed E-state index contributed by atoms with van der Waals surface area (Å²) in [5, 5.41) is 3.05. The van der Waals surface area contributed by atoms with Gasteiger partial charge in [-0.3, -0.25) is 9.69 Å². The molecule has 1 heterocycles. The van der Waals surface area contributed by atoms with Gasteiger partial charge in [-0.1, -0.05) is 19.1 Å². The van der Waals surface area contributed by atoms with Gasteiger partial charge in [-0.15, -0.1) is 0 Å². The standard InChI is InChI=1S/C23H34N2O3/c1-15-14-18(16(2)17-9-10-17)11-12-19(15)24-21(26)20-8-6-7-13-25(20)22(27)28-23(3,4)5/h11-12,14,16-17,20H,6-10,13H2,1-5H3,(H,24,26)/t16?,20-/m0/s1. The molecular weight excluding hydrogens is 352 g/mol. The van der Waals surface area contributed by atoms with Gasteiger partial charge in [0.25, 0.3) is 0 Å². The Bertz CT molecular complexity index is 734. The van der Waals surface area contributed by atoms with Crippen molar-refractivity contribution in [2.45, 2.75) is 84.3 Å². The largest absolute Gasteiger partial charge is 0.444 e. The molecule has 0 aromatic heterocycles. The highest BCUT2D eigenvalue weighted by Gasteiger charge is 2.35. The van der Waals surface area contributed by atoms with Crippen LogP contribution in [0.5, 0.6) is 0 Å². The number of hydrogen-bond donors (Lipinski definition) is 1. The van der Waals surface area contributed by atoms with Crippen LogP contribution in [0.25, 0.3) is 0 Å². The third-order valence-electron chi connectivity index (χ3n) is 5.80. The topological polar surface area (TPSA) is 58.6 Å². The third-order valence-corrected chi connectivity index (χ3v) is 5.80. The SMILES string of the molecule is Cc1cc(C(C)C2CC2)ccc1NC(=O)[C@@H]1CCCCN1C(=O)OC(C)(C)C. The second-order valence-electron chi connectivity index (χ2n) is 9.38. The van der Waals surface area contributed by atoms with Crippen molar-refractivity contribution in [1.29, 1.82) is 0 Å². The van der Waals surface area contributed by atoms with E-state index in [1.165, 1.54) is 18.4 Å². The first-order valence-electron chi connectivity index (χ1n) is 10.6. The van der Waals surface area contributed by atoms with Crippen LogP contribution in [0.3, 0.4) is 0 Å². The summed E-state index contributed by atoms with van der Waals surface area (Å²) in [6.07, 6.45) is 4.74. The van der Waals surface area contributed by atoms with Gasteiger partial charge in [0, 0.05) is 12.2 Å². The molecular formula is C23H34N2O3. The van der Waals surface area contributed by atoms with Crippen LogP contribution in [0, 0.1) is 12.8 Å². The predicted octanol–water partition coefficient (Wildman–Crippen LogP) is 5.24. The Hall–Kier alpha value is -2.04. The van der Waals surface area contributed by atoms with Crippen molar-refractivity contribution in [2.75, 3.05) is 11.9 Å². The molecule has 1 unspecified atom stereocenters. The van der Waals surface area contributed by atoms with E-state index in [1.807, 2.05) is 33.8 Å². The minimum atomic E-state index is -0.569. The fourth-order valence-corrected chi connectivity index (χ4v) is 3.94. The van der Waals surface area contributed by atoms with E-state index in [2.05, 4.69) is 24.4 Å². The highest BCUT2D eigenvalue weighted by atomic mass is 16.6. The number of anilines is 1. The molecule has 0 spiro atoms. The molecule has 5 heteroatoms. The minimum Gasteiger partial charge on any atom is -0.444 e. The van der Waals surface area contributed by atoms with E-state index in [-0.39, 0.29) is 5.91 Å². The monoisotopic (exact) mass is 386 g/mol. The number of hydrogen-bond acceptors (Lipinski definition) is 3. The second kappa shape index (κ2) is 8.14. The number of carbonyl (C=O) groups excluding carboxylic acids is 2. The lowest BCUT2D eigenvalue weighted by atomic mass is 9.94. The van der Waals surface area contributed by atoms with Crippen molar-refractivity contribution in [2.24, 2.45) is 5.92 Å². The molecule has 2 amide bonds. The van der Waals surface area contributed by atoms with E-state index < -0.39 is 17.7 Å². The number of likely N-dealkylation sites (tertiary alicyclic amines) is 1. The Balaban J connectivity index is 1.69. The molecule has 0 radical (unpaired) electrons. The smallest absolute Gasteiger partial charge is 0.410 e. The average Bonchev–Trinajstić information content (AvgIpc) is 3.46. The lowest BCUT2D eigenvalue weighted by molar-refractivity contribution is -0.122. The number of aryl methyl sites for hydroxylation is 1. The molecule has 28 heavy (non-hydrogen) atoms. The lowest BCUT2D eigenvalue weighted by Crippen LogP contribution is -2.51. The summed E-state index contributed by atoms with van der Waals surface area (Å²) in [4.78, 5) is 27.1. The zero-order valence-electron chi connectivity index (χ0n) is 17.9. The highest BCUT2D eigenvalue weighted by molar-refractivity contribution is 5.97. The van der Waals surface area contributed by atoms with Crippen LogP contribution in [-0.2, 0) is 9.53 Å². The summed E-state index contributed by atoms with van der Waals surface area (Å²) in [5.74, 6) is 1.26. The van der Waals surface area contributed by atoms with Gasteiger partial charge >= 0.3 is 6.09 Å². The molecule has 1 aromatic rings. The molecule has 1 aliphatic carbocycles. The fourth-order valence-electron chi connectivity index (χ4n) is 3.94. The summed E-state index contributed by atoms with van der Waals surface area (Å²) in [7, 11) is 0. The maximum atomic E-state index is 13.0. The quantitative estimate of drug-likeness (QED) is 0.770. The summed E-state index contributed by atoms with van der Waals surface area (Å²) < 4.78 is 5.51. The number of amides is 2. The molecule has 2 atom stereocenters. The van der Waals surface area contributed by atoms with Crippen molar-refractivity contribution in [3.05, 3.63) is 29.3 Å². The number of nitrogens with zero attached hydrogens (tertiary/aromatic N) is 1. The molecule has 1 aromatic carbocycles. The van der Waals surface area contributed by atoms with Gasteiger partial charge in [-0.25, -0.2) is 4.79 Å². The van der Waals surface area contributed by atoms with E-state index in [1.54, 1.807) is 4.90 Å². The van der Waals surface area contributed by atoms with Gasteiger partial charge in [0.2, 0.25) is 5.91 Å². The van der Waals surface area contributed by atoms with Gasteiger partial charge < -0.3 is 10.1 Å². The normalized spacial score (nSPS) is 21.2. The molecule has 1 saturated carbocycles. The summed E-state index contributed by atoms with van der Waals surface area (Å²) in [5.41, 5.74) is 2.66. The highest BCUT2D eigenvalue weighted by Crippen LogP contribution is 2.42. The summed E-state index contributed by atoms with van der Waals surface area (Å²) in [6.45, 7) is 10.4. The van der Waals surface area contributed by atoms with E-state index in [9.17, 15) is 9.59 Å². The van der Waals surface area contributed by atoms with Gasteiger partial charge in [0.1, 0.15) is 11.6 Å². The molecule has 2 fully saturated rings. The maximum Gasteiger partial charge on any atom is 0.410 e. The second-order valence-corrected chi connectivity index (χ2v) is 9.38. The Morgan fingerprint density at radius 3 is 2.50 bits per heavy atom. The van der Waals surface area contributed by atoms with Crippen LogP contribution in [0.15, 0.2) is 18.2 Å². The number of piperidine rings is 1. The zero-order chi connectivity index (χ0) is 20.5. The third kappa shape index (κ3) is 5.06. The molecule has 154 valence electrons. The minimum absolute atomic E-state index is 0.128. The van der Waals surface area contributed by atoms with Crippen LogP contribution in [-0.4, -0.2) is 35.1 Å². The van der Waals surface area contributed by atoms with Gasteiger partial charge in [-0.05, 0) is 88.8 Å². The predicted molar refractivity (Wildman–Crippen MR) is 112 cm³/mol. The van der Waals surface area contributed by atoms with Crippen molar-refractivity contribution < 1.29 is 14.3 Å². The lowest BCUT2D eigenvalue weighted by Gasteiger charge is -2.35. The van der Waals surface area contributed by atoms with Crippen LogP contribution in [0.1, 0.15) is 76.8 Å². The van der Waals surface area contributed by atoms with Crippen molar-refractivity contribution >= 4 is 17.7 Å². The van der Waals surface area contributed by atoms with E-state index in [0.717, 1.165) is 30.0 Å². The van der Waals surface area contributed by atoms with Gasteiger partial charge in [0.05, 0.1) is 0 Å². The first kappa shape index (κ1) is 20.7. The van der Waals surface area contributed by atoms with E-state index >= 15 is 0 Å². The van der Waals surface area contributed by atoms with Crippen LogP contribution >= 0.6 is 0 Å². The maximum absolute atomic E-state index is 13.0. The van der Waals surface area contributed by atoms with Crippen molar-refractivity contribution in [3.63, 3.8) is 0 Å².